The van der Waals surface area contributed by atoms with Crippen LogP contribution in [0.5, 0.6) is 0 Å². The largest absolute Gasteiger partial charge is 0.380 e. The molecular formula is C18H26FNO. The number of hydrogen-bond acceptors (Lipinski definition) is 2. The van der Waals surface area contributed by atoms with Gasteiger partial charge in [-0.25, -0.2) is 4.39 Å². The molecule has 2 bridgehead atoms. The summed E-state index contributed by atoms with van der Waals surface area (Å²) in [6.45, 7) is 8.46. The van der Waals surface area contributed by atoms with Gasteiger partial charge in [-0.1, -0.05) is 32.9 Å². The molecule has 2 nitrogen and oxygen atoms in total. The highest BCUT2D eigenvalue weighted by Gasteiger charge is 2.61. The Kier molecular flexibility index (Phi) is 3.73. The first-order chi connectivity index (χ1) is 9.95. The molecule has 0 amide bonds. The average molecular weight is 291 g/mol. The van der Waals surface area contributed by atoms with Gasteiger partial charge in [0.05, 0.1) is 18.4 Å². The number of halogens is 1. The summed E-state index contributed by atoms with van der Waals surface area (Å²) in [7, 11) is 0. The zero-order chi connectivity index (χ0) is 15.1. The Bertz CT molecular complexity index is 516. The number of para-hydroxylation sites is 1. The molecule has 116 valence electrons. The van der Waals surface area contributed by atoms with E-state index in [0.29, 0.717) is 35.8 Å². The molecule has 2 saturated carbocycles. The van der Waals surface area contributed by atoms with Crippen molar-refractivity contribution in [1.82, 2.24) is 0 Å². The lowest BCUT2D eigenvalue weighted by Crippen LogP contribution is -2.37. The molecule has 0 aromatic heterocycles. The van der Waals surface area contributed by atoms with Crippen LogP contribution in [-0.4, -0.2) is 19.3 Å². The molecule has 0 saturated heterocycles. The molecule has 1 aromatic rings. The lowest BCUT2D eigenvalue weighted by Gasteiger charge is -2.39. The number of nitrogens with one attached hydrogen (secondary N) is 1. The number of ether oxygens (including phenoxy) is 1. The summed E-state index contributed by atoms with van der Waals surface area (Å²) in [6, 6.07) is 6.78. The van der Waals surface area contributed by atoms with E-state index in [2.05, 4.69) is 26.1 Å². The molecule has 1 aromatic carbocycles. The topological polar surface area (TPSA) is 21.3 Å². The minimum Gasteiger partial charge on any atom is -0.380 e. The minimum atomic E-state index is -0.203. The van der Waals surface area contributed by atoms with Crippen LogP contribution in [0.4, 0.5) is 10.1 Å². The maximum Gasteiger partial charge on any atom is 0.146 e. The van der Waals surface area contributed by atoms with Gasteiger partial charge in [0.25, 0.3) is 0 Å². The molecule has 2 aliphatic carbocycles. The Morgan fingerprint density at radius 1 is 1.29 bits per heavy atom. The van der Waals surface area contributed by atoms with E-state index < -0.39 is 0 Å². The number of benzene rings is 1. The van der Waals surface area contributed by atoms with Crippen LogP contribution in [0.3, 0.4) is 0 Å². The molecule has 0 heterocycles. The second-order valence-corrected chi connectivity index (χ2v) is 7.38. The van der Waals surface area contributed by atoms with E-state index in [1.807, 2.05) is 6.07 Å². The van der Waals surface area contributed by atoms with Gasteiger partial charge in [-0.15, -0.1) is 0 Å². The van der Waals surface area contributed by atoms with E-state index in [0.717, 1.165) is 5.92 Å². The number of anilines is 1. The van der Waals surface area contributed by atoms with Gasteiger partial charge in [-0.05, 0) is 48.1 Å². The van der Waals surface area contributed by atoms with Crippen molar-refractivity contribution in [2.24, 2.45) is 16.7 Å². The molecule has 1 N–H and O–H groups in total. The van der Waals surface area contributed by atoms with Crippen molar-refractivity contribution in [2.45, 2.75) is 46.1 Å². The third kappa shape index (κ3) is 2.36. The van der Waals surface area contributed by atoms with Gasteiger partial charge < -0.3 is 10.1 Å². The van der Waals surface area contributed by atoms with E-state index in [1.165, 1.54) is 25.3 Å². The smallest absolute Gasteiger partial charge is 0.146 e. The van der Waals surface area contributed by atoms with Gasteiger partial charge in [0, 0.05) is 6.54 Å². The Labute approximate surface area is 127 Å². The van der Waals surface area contributed by atoms with E-state index in [-0.39, 0.29) is 5.82 Å². The van der Waals surface area contributed by atoms with Crippen LogP contribution in [0.25, 0.3) is 0 Å². The molecule has 0 aliphatic heterocycles. The van der Waals surface area contributed by atoms with Crippen LogP contribution in [0.2, 0.25) is 0 Å². The standard InChI is InChI=1S/C18H26FNO/c1-17(2)13-8-9-18(17,3)16(12-13)21-11-10-20-15-7-5-4-6-14(15)19/h4-7,13,16,20H,8-12H2,1-3H3. The molecular weight excluding hydrogens is 265 g/mol. The van der Waals surface area contributed by atoms with Crippen molar-refractivity contribution in [3.63, 3.8) is 0 Å². The molecule has 3 unspecified atom stereocenters. The first-order valence-corrected chi connectivity index (χ1v) is 8.05. The number of rotatable bonds is 5. The van der Waals surface area contributed by atoms with Crippen molar-refractivity contribution < 1.29 is 9.13 Å². The number of hydrogen-bond donors (Lipinski definition) is 1. The fourth-order valence-corrected chi connectivity index (χ4v) is 4.37. The van der Waals surface area contributed by atoms with Gasteiger partial charge in [0.1, 0.15) is 5.82 Å². The van der Waals surface area contributed by atoms with E-state index in [1.54, 1.807) is 12.1 Å². The Morgan fingerprint density at radius 2 is 2.05 bits per heavy atom. The SMILES string of the molecule is CC1(C)C2CCC1(C)C(OCCNc1ccccc1F)C2. The molecule has 3 heteroatoms. The lowest BCUT2D eigenvalue weighted by atomic mass is 9.70. The lowest BCUT2D eigenvalue weighted by molar-refractivity contribution is -0.0425. The monoisotopic (exact) mass is 291 g/mol. The maximum absolute atomic E-state index is 13.5. The fraction of sp³-hybridized carbons (Fsp3) is 0.667. The number of fused-ring (bicyclic) bond motifs is 2. The summed E-state index contributed by atoms with van der Waals surface area (Å²) in [6.07, 6.45) is 4.16. The van der Waals surface area contributed by atoms with Gasteiger partial charge in [0.15, 0.2) is 0 Å². The summed E-state index contributed by atoms with van der Waals surface area (Å²) in [4.78, 5) is 0. The Hall–Kier alpha value is -1.09. The van der Waals surface area contributed by atoms with Crippen molar-refractivity contribution in [3.05, 3.63) is 30.1 Å². The zero-order valence-electron chi connectivity index (χ0n) is 13.3. The first kappa shape index (κ1) is 14.8. The maximum atomic E-state index is 13.5. The van der Waals surface area contributed by atoms with Crippen LogP contribution in [0.15, 0.2) is 24.3 Å². The minimum absolute atomic E-state index is 0.203. The molecule has 3 atom stereocenters. The third-order valence-electron chi connectivity index (χ3n) is 6.32. The second kappa shape index (κ2) is 5.28. The molecule has 21 heavy (non-hydrogen) atoms. The van der Waals surface area contributed by atoms with E-state index in [9.17, 15) is 4.39 Å². The highest BCUT2D eigenvalue weighted by Crippen LogP contribution is 2.66. The first-order valence-electron chi connectivity index (χ1n) is 8.05. The van der Waals surface area contributed by atoms with Crippen LogP contribution < -0.4 is 5.32 Å². The van der Waals surface area contributed by atoms with E-state index >= 15 is 0 Å². The normalized spacial score (nSPS) is 33.3. The molecule has 2 aliphatic rings. The quantitative estimate of drug-likeness (QED) is 0.808. The summed E-state index contributed by atoms with van der Waals surface area (Å²) in [5.41, 5.74) is 1.24. The Morgan fingerprint density at radius 3 is 2.67 bits per heavy atom. The van der Waals surface area contributed by atoms with Crippen LogP contribution in [0, 0.1) is 22.6 Å². The van der Waals surface area contributed by atoms with Gasteiger partial charge in [0.2, 0.25) is 0 Å². The van der Waals surface area contributed by atoms with Crippen molar-refractivity contribution >= 4 is 5.69 Å². The molecule has 3 rings (SSSR count). The van der Waals surface area contributed by atoms with Crippen molar-refractivity contribution in [1.29, 1.82) is 0 Å². The fourth-order valence-electron chi connectivity index (χ4n) is 4.37. The van der Waals surface area contributed by atoms with Crippen LogP contribution in [0.1, 0.15) is 40.0 Å². The van der Waals surface area contributed by atoms with Crippen LogP contribution in [-0.2, 0) is 4.74 Å². The predicted molar refractivity (Wildman–Crippen MR) is 83.9 cm³/mol. The van der Waals surface area contributed by atoms with Gasteiger partial charge in [-0.2, -0.15) is 0 Å². The predicted octanol–water partition coefficient (Wildman–Crippen LogP) is 4.47. The zero-order valence-corrected chi connectivity index (χ0v) is 13.3. The summed E-state index contributed by atoms with van der Waals surface area (Å²) < 4.78 is 19.7. The Balaban J connectivity index is 1.50. The van der Waals surface area contributed by atoms with Crippen LogP contribution >= 0.6 is 0 Å². The van der Waals surface area contributed by atoms with Crippen molar-refractivity contribution in [2.75, 3.05) is 18.5 Å². The summed E-state index contributed by atoms with van der Waals surface area (Å²) >= 11 is 0. The molecule has 0 radical (unpaired) electrons. The highest BCUT2D eigenvalue weighted by atomic mass is 19.1. The summed E-state index contributed by atoms with van der Waals surface area (Å²) in [5, 5.41) is 3.11. The van der Waals surface area contributed by atoms with Gasteiger partial charge >= 0.3 is 0 Å². The van der Waals surface area contributed by atoms with Gasteiger partial charge in [-0.3, -0.25) is 0 Å². The third-order valence-corrected chi connectivity index (χ3v) is 6.32. The summed E-state index contributed by atoms with van der Waals surface area (Å²) in [5.74, 6) is 0.595. The van der Waals surface area contributed by atoms with Crippen molar-refractivity contribution in [3.8, 4) is 0 Å². The second-order valence-electron chi connectivity index (χ2n) is 7.38. The molecule has 2 fully saturated rings. The molecule has 0 spiro atoms. The highest BCUT2D eigenvalue weighted by molar-refractivity contribution is 5.44. The van der Waals surface area contributed by atoms with E-state index in [4.69, 9.17) is 4.74 Å². The average Bonchev–Trinajstić information content (AvgIpc) is 2.78.